The first-order valence-corrected chi connectivity index (χ1v) is 5.24. The van der Waals surface area contributed by atoms with Crippen molar-refractivity contribution < 1.29 is 9.47 Å². The summed E-state index contributed by atoms with van der Waals surface area (Å²) in [5.74, 6) is -0.215. The van der Waals surface area contributed by atoms with E-state index < -0.39 is 0 Å². The van der Waals surface area contributed by atoms with E-state index in [1.807, 2.05) is 0 Å². The number of hydrogen-bond donors (Lipinski definition) is 0. The Morgan fingerprint density at radius 2 is 2.08 bits per heavy atom. The van der Waals surface area contributed by atoms with E-state index in [9.17, 15) is 0 Å². The first-order chi connectivity index (χ1) is 6.24. The summed E-state index contributed by atoms with van der Waals surface area (Å²) in [6.07, 6.45) is 3.46. The summed E-state index contributed by atoms with van der Waals surface area (Å²) in [6, 6.07) is 0. The second-order valence-corrected chi connectivity index (χ2v) is 4.17. The minimum atomic E-state index is -0.215. The van der Waals surface area contributed by atoms with Gasteiger partial charge in [0.15, 0.2) is 5.79 Å². The average molecular weight is 185 g/mol. The van der Waals surface area contributed by atoms with Gasteiger partial charge in [0, 0.05) is 25.9 Å². The Hall–Kier alpha value is -0.120. The minimum Gasteiger partial charge on any atom is -0.347 e. The molecular formula is C10H19NO2. The molecule has 0 saturated carbocycles. The van der Waals surface area contributed by atoms with E-state index in [2.05, 4.69) is 18.9 Å². The van der Waals surface area contributed by atoms with Crippen LogP contribution in [-0.2, 0) is 9.47 Å². The van der Waals surface area contributed by atoms with Crippen LogP contribution in [0.15, 0.2) is 0 Å². The third-order valence-corrected chi connectivity index (χ3v) is 3.12. The van der Waals surface area contributed by atoms with Crippen LogP contribution in [0.2, 0.25) is 0 Å². The highest BCUT2D eigenvalue weighted by Crippen LogP contribution is 2.34. The molecule has 0 amide bonds. The van der Waals surface area contributed by atoms with Gasteiger partial charge in [0.05, 0.1) is 12.7 Å². The Bertz CT molecular complexity index is 176. The van der Waals surface area contributed by atoms with Gasteiger partial charge in [-0.05, 0) is 13.5 Å². The average Bonchev–Trinajstić information content (AvgIpc) is 2.55. The monoisotopic (exact) mass is 185 g/mol. The number of rotatable bonds is 1. The van der Waals surface area contributed by atoms with Crippen LogP contribution in [0.3, 0.4) is 0 Å². The molecule has 0 radical (unpaired) electrons. The Morgan fingerprint density at radius 1 is 1.38 bits per heavy atom. The molecule has 3 heteroatoms. The van der Waals surface area contributed by atoms with Crippen LogP contribution in [0.5, 0.6) is 0 Å². The first kappa shape index (κ1) is 9.44. The van der Waals surface area contributed by atoms with Crippen LogP contribution >= 0.6 is 0 Å². The fourth-order valence-corrected chi connectivity index (χ4v) is 2.04. The second kappa shape index (κ2) is 3.56. The van der Waals surface area contributed by atoms with E-state index in [0.29, 0.717) is 6.10 Å². The summed E-state index contributed by atoms with van der Waals surface area (Å²) < 4.78 is 11.7. The van der Waals surface area contributed by atoms with E-state index >= 15 is 0 Å². The number of likely N-dealkylation sites (tertiary alicyclic amines) is 1. The van der Waals surface area contributed by atoms with Crippen molar-refractivity contribution in [1.29, 1.82) is 0 Å². The van der Waals surface area contributed by atoms with Crippen molar-refractivity contribution in [3.63, 3.8) is 0 Å². The largest absolute Gasteiger partial charge is 0.347 e. The van der Waals surface area contributed by atoms with Crippen LogP contribution < -0.4 is 0 Å². The zero-order valence-electron chi connectivity index (χ0n) is 8.58. The third-order valence-electron chi connectivity index (χ3n) is 3.12. The predicted molar refractivity (Wildman–Crippen MR) is 50.6 cm³/mol. The molecule has 13 heavy (non-hydrogen) atoms. The maximum absolute atomic E-state index is 5.94. The summed E-state index contributed by atoms with van der Waals surface area (Å²) in [7, 11) is 2.15. The second-order valence-electron chi connectivity index (χ2n) is 4.17. The van der Waals surface area contributed by atoms with E-state index in [1.165, 1.54) is 0 Å². The SMILES string of the molecule is CCC1COC2(CCN(C)CC2)O1. The molecule has 0 aliphatic carbocycles. The molecule has 1 atom stereocenters. The summed E-state index contributed by atoms with van der Waals surface area (Å²) >= 11 is 0. The molecule has 76 valence electrons. The third kappa shape index (κ3) is 1.87. The van der Waals surface area contributed by atoms with Gasteiger partial charge in [-0.3, -0.25) is 0 Å². The van der Waals surface area contributed by atoms with Crippen molar-refractivity contribution in [3.05, 3.63) is 0 Å². The number of piperidine rings is 1. The summed E-state index contributed by atoms with van der Waals surface area (Å²) in [5, 5.41) is 0. The van der Waals surface area contributed by atoms with Crippen molar-refractivity contribution in [3.8, 4) is 0 Å². The lowest BCUT2D eigenvalue weighted by Crippen LogP contribution is -2.43. The lowest BCUT2D eigenvalue weighted by atomic mass is 10.0. The van der Waals surface area contributed by atoms with Crippen molar-refractivity contribution in [2.24, 2.45) is 0 Å². The molecule has 0 N–H and O–H groups in total. The predicted octanol–water partition coefficient (Wildman–Crippen LogP) is 1.23. The molecule has 0 aromatic rings. The molecule has 3 nitrogen and oxygen atoms in total. The van der Waals surface area contributed by atoms with Crippen molar-refractivity contribution in [2.75, 3.05) is 26.7 Å². The highest BCUT2D eigenvalue weighted by molar-refractivity contribution is 4.84. The Morgan fingerprint density at radius 3 is 2.62 bits per heavy atom. The normalized spacial score (nSPS) is 34.2. The standard InChI is InChI=1S/C10H19NO2/c1-3-9-8-12-10(13-9)4-6-11(2)7-5-10/h9H,3-8H2,1-2H3. The molecule has 0 aromatic carbocycles. The Balaban J connectivity index is 1.92. The molecule has 2 aliphatic heterocycles. The molecule has 2 aliphatic rings. The van der Waals surface area contributed by atoms with Crippen LogP contribution in [0.4, 0.5) is 0 Å². The topological polar surface area (TPSA) is 21.7 Å². The maximum atomic E-state index is 5.94. The molecule has 1 unspecified atom stereocenters. The number of ether oxygens (including phenoxy) is 2. The quantitative estimate of drug-likeness (QED) is 0.613. The molecule has 2 rings (SSSR count). The maximum Gasteiger partial charge on any atom is 0.171 e. The van der Waals surface area contributed by atoms with Gasteiger partial charge in [-0.15, -0.1) is 0 Å². The van der Waals surface area contributed by atoms with E-state index in [1.54, 1.807) is 0 Å². The van der Waals surface area contributed by atoms with Crippen molar-refractivity contribution in [1.82, 2.24) is 4.90 Å². The molecule has 0 aromatic heterocycles. The molecule has 2 saturated heterocycles. The zero-order valence-corrected chi connectivity index (χ0v) is 8.58. The highest BCUT2D eigenvalue weighted by Gasteiger charge is 2.42. The lowest BCUT2D eigenvalue weighted by Gasteiger charge is -2.36. The van der Waals surface area contributed by atoms with Crippen LogP contribution in [-0.4, -0.2) is 43.5 Å². The molecule has 1 spiro atoms. The van der Waals surface area contributed by atoms with Gasteiger partial charge in [-0.25, -0.2) is 0 Å². The van der Waals surface area contributed by atoms with Crippen molar-refractivity contribution in [2.45, 2.75) is 38.1 Å². The molecule has 2 fully saturated rings. The Labute approximate surface area is 80.0 Å². The number of hydrogen-bond acceptors (Lipinski definition) is 3. The molecular weight excluding hydrogens is 166 g/mol. The van der Waals surface area contributed by atoms with Gasteiger partial charge < -0.3 is 14.4 Å². The van der Waals surface area contributed by atoms with Gasteiger partial charge >= 0.3 is 0 Å². The fraction of sp³-hybridized carbons (Fsp3) is 1.00. The van der Waals surface area contributed by atoms with Crippen LogP contribution in [0.25, 0.3) is 0 Å². The van der Waals surface area contributed by atoms with E-state index in [0.717, 1.165) is 39.0 Å². The highest BCUT2D eigenvalue weighted by atomic mass is 16.7. The van der Waals surface area contributed by atoms with Crippen LogP contribution in [0, 0.1) is 0 Å². The van der Waals surface area contributed by atoms with Crippen molar-refractivity contribution >= 4 is 0 Å². The van der Waals surface area contributed by atoms with Gasteiger partial charge in [0.25, 0.3) is 0 Å². The summed E-state index contributed by atoms with van der Waals surface area (Å²) in [5.41, 5.74) is 0. The first-order valence-electron chi connectivity index (χ1n) is 5.24. The summed E-state index contributed by atoms with van der Waals surface area (Å²) in [6.45, 7) is 5.13. The Kier molecular flexibility index (Phi) is 2.58. The van der Waals surface area contributed by atoms with E-state index in [-0.39, 0.29) is 5.79 Å². The molecule has 0 bridgehead atoms. The van der Waals surface area contributed by atoms with Gasteiger partial charge in [0.2, 0.25) is 0 Å². The van der Waals surface area contributed by atoms with Gasteiger partial charge in [0.1, 0.15) is 0 Å². The fourth-order valence-electron chi connectivity index (χ4n) is 2.04. The van der Waals surface area contributed by atoms with E-state index in [4.69, 9.17) is 9.47 Å². The zero-order chi connectivity index (χ0) is 9.31. The van der Waals surface area contributed by atoms with Gasteiger partial charge in [-0.1, -0.05) is 6.92 Å². The molecule has 2 heterocycles. The summed E-state index contributed by atoms with van der Waals surface area (Å²) in [4.78, 5) is 2.33. The number of nitrogens with zero attached hydrogens (tertiary/aromatic N) is 1. The van der Waals surface area contributed by atoms with Gasteiger partial charge in [-0.2, -0.15) is 0 Å². The lowest BCUT2D eigenvalue weighted by molar-refractivity contribution is -0.193. The smallest absolute Gasteiger partial charge is 0.171 e. The minimum absolute atomic E-state index is 0.215. The van der Waals surface area contributed by atoms with Crippen LogP contribution in [0.1, 0.15) is 26.2 Å².